The minimum Gasteiger partial charge on any atom is -0.366 e. The second-order valence-corrected chi connectivity index (χ2v) is 8.72. The van der Waals surface area contributed by atoms with Crippen molar-refractivity contribution in [2.24, 2.45) is 0 Å². The Balaban J connectivity index is 1.35. The third-order valence-corrected chi connectivity index (χ3v) is 6.87. The van der Waals surface area contributed by atoms with Crippen LogP contribution in [-0.2, 0) is 0 Å². The van der Waals surface area contributed by atoms with Gasteiger partial charge in [0.25, 0.3) is 5.91 Å². The van der Waals surface area contributed by atoms with E-state index in [1.807, 2.05) is 47.5 Å². The van der Waals surface area contributed by atoms with Crippen molar-refractivity contribution in [2.75, 3.05) is 68.7 Å². The second-order valence-electron chi connectivity index (χ2n) is 8.72. The summed E-state index contributed by atoms with van der Waals surface area (Å²) < 4.78 is 14.2. The Labute approximate surface area is 194 Å². The zero-order valence-corrected chi connectivity index (χ0v) is 19.1. The lowest BCUT2D eigenvalue weighted by Gasteiger charge is -2.37. The average Bonchev–Trinajstić information content (AvgIpc) is 2.88. The van der Waals surface area contributed by atoms with Crippen molar-refractivity contribution >= 4 is 28.2 Å². The Hall–Kier alpha value is -3.19. The Morgan fingerprint density at radius 2 is 1.64 bits per heavy atom. The van der Waals surface area contributed by atoms with Crippen LogP contribution in [0.4, 0.5) is 15.9 Å². The monoisotopic (exact) mass is 447 g/mol. The lowest BCUT2D eigenvalue weighted by Crippen LogP contribution is -2.48. The van der Waals surface area contributed by atoms with Gasteiger partial charge in [0.1, 0.15) is 11.6 Å². The van der Waals surface area contributed by atoms with Gasteiger partial charge in [-0.25, -0.2) is 9.37 Å². The fraction of sp³-hybridized carbons (Fsp3) is 0.385. The van der Waals surface area contributed by atoms with E-state index >= 15 is 0 Å². The first-order chi connectivity index (χ1) is 16.1. The number of para-hydroxylation sites is 1. The summed E-state index contributed by atoms with van der Waals surface area (Å²) in [6.45, 7) is 9.51. The van der Waals surface area contributed by atoms with Crippen molar-refractivity contribution in [2.45, 2.75) is 6.92 Å². The van der Waals surface area contributed by atoms with E-state index in [1.165, 1.54) is 6.07 Å². The zero-order chi connectivity index (χ0) is 22.8. The molecule has 3 heterocycles. The number of aromatic nitrogens is 1. The number of likely N-dealkylation sites (N-methyl/N-ethyl adjacent to an activating group) is 1. The molecule has 0 unspecified atom stereocenters. The second kappa shape index (κ2) is 9.35. The van der Waals surface area contributed by atoms with Gasteiger partial charge in [0.15, 0.2) is 0 Å². The molecule has 0 radical (unpaired) electrons. The normalized spacial score (nSPS) is 17.6. The number of halogens is 1. The van der Waals surface area contributed by atoms with Gasteiger partial charge < -0.3 is 19.6 Å². The average molecular weight is 448 g/mol. The summed E-state index contributed by atoms with van der Waals surface area (Å²) in [5.41, 5.74) is 1.37. The third kappa shape index (κ3) is 4.37. The highest BCUT2D eigenvalue weighted by Crippen LogP contribution is 2.28. The van der Waals surface area contributed by atoms with Crippen LogP contribution < -0.4 is 9.80 Å². The highest BCUT2D eigenvalue weighted by atomic mass is 19.1. The maximum absolute atomic E-state index is 14.2. The van der Waals surface area contributed by atoms with Crippen molar-refractivity contribution in [1.29, 1.82) is 0 Å². The summed E-state index contributed by atoms with van der Waals surface area (Å²) >= 11 is 0. The molecule has 0 atom stereocenters. The third-order valence-electron chi connectivity index (χ3n) is 6.87. The lowest BCUT2D eigenvalue weighted by atomic mass is 10.1. The number of pyridine rings is 1. The van der Waals surface area contributed by atoms with E-state index in [-0.39, 0.29) is 11.7 Å². The number of amides is 1. The molecule has 2 aliphatic heterocycles. The molecule has 2 aromatic carbocycles. The molecule has 2 saturated heterocycles. The Morgan fingerprint density at radius 3 is 2.36 bits per heavy atom. The van der Waals surface area contributed by atoms with Gasteiger partial charge in [0, 0.05) is 69.5 Å². The van der Waals surface area contributed by atoms with E-state index in [4.69, 9.17) is 0 Å². The number of nitrogens with zero attached hydrogens (tertiary/aromatic N) is 5. The van der Waals surface area contributed by atoms with Crippen LogP contribution in [0.1, 0.15) is 17.3 Å². The summed E-state index contributed by atoms with van der Waals surface area (Å²) in [6, 6.07) is 14.9. The van der Waals surface area contributed by atoms with Gasteiger partial charge in [-0.05, 0) is 42.3 Å². The number of hydrogen-bond acceptors (Lipinski definition) is 5. The first-order valence-electron chi connectivity index (χ1n) is 11.8. The number of piperazine rings is 2. The van der Waals surface area contributed by atoms with Gasteiger partial charge in [0.2, 0.25) is 0 Å². The SMILES string of the molecule is CCN1CCN(C(=O)c2ccc3ccnc(N4CCN(c5ccccc5F)CC4)c3c2)CC1. The highest BCUT2D eigenvalue weighted by Gasteiger charge is 2.24. The number of fused-ring (bicyclic) bond motifs is 1. The number of benzene rings is 2. The predicted molar refractivity (Wildman–Crippen MR) is 131 cm³/mol. The quantitative estimate of drug-likeness (QED) is 0.613. The molecule has 0 spiro atoms. The predicted octanol–water partition coefficient (Wildman–Crippen LogP) is 3.48. The molecule has 33 heavy (non-hydrogen) atoms. The Bertz CT molecular complexity index is 1140. The number of rotatable bonds is 4. The molecular formula is C26H30FN5O. The van der Waals surface area contributed by atoms with E-state index in [1.54, 1.807) is 6.07 Å². The van der Waals surface area contributed by atoms with Gasteiger partial charge in [-0.1, -0.05) is 25.1 Å². The molecule has 3 aromatic rings. The highest BCUT2D eigenvalue weighted by molar-refractivity contribution is 6.01. The van der Waals surface area contributed by atoms with Crippen LogP contribution in [0.3, 0.4) is 0 Å². The molecule has 0 saturated carbocycles. The van der Waals surface area contributed by atoms with Crippen LogP contribution >= 0.6 is 0 Å². The molecule has 2 aliphatic rings. The van der Waals surface area contributed by atoms with Crippen LogP contribution in [0.5, 0.6) is 0 Å². The molecular weight excluding hydrogens is 417 g/mol. The summed E-state index contributed by atoms with van der Waals surface area (Å²) in [4.78, 5) is 26.5. The van der Waals surface area contributed by atoms with Crippen LogP contribution in [0.2, 0.25) is 0 Å². The number of hydrogen-bond donors (Lipinski definition) is 0. The molecule has 2 fully saturated rings. The van der Waals surface area contributed by atoms with Gasteiger partial charge >= 0.3 is 0 Å². The lowest BCUT2D eigenvalue weighted by molar-refractivity contribution is 0.0643. The summed E-state index contributed by atoms with van der Waals surface area (Å²) in [7, 11) is 0. The number of carbonyl (C=O) groups is 1. The van der Waals surface area contributed by atoms with Crippen molar-refractivity contribution in [3.63, 3.8) is 0 Å². The molecule has 0 bridgehead atoms. The fourth-order valence-corrected chi connectivity index (χ4v) is 4.86. The van der Waals surface area contributed by atoms with Crippen LogP contribution in [-0.4, -0.2) is 79.6 Å². The molecule has 0 aliphatic carbocycles. The molecule has 1 amide bonds. The standard InChI is InChI=1S/C26H30FN5O/c1-2-29-11-13-32(14-12-29)26(33)21-8-7-20-9-10-28-25(22(20)19-21)31-17-15-30(16-18-31)24-6-4-3-5-23(24)27/h3-10,19H,2,11-18H2,1H3. The van der Waals surface area contributed by atoms with Gasteiger partial charge in [-0.15, -0.1) is 0 Å². The van der Waals surface area contributed by atoms with E-state index in [0.29, 0.717) is 11.3 Å². The molecule has 5 rings (SSSR count). The van der Waals surface area contributed by atoms with Crippen LogP contribution in [0.25, 0.3) is 10.8 Å². The van der Waals surface area contributed by atoms with Gasteiger partial charge in [-0.2, -0.15) is 0 Å². The molecule has 0 N–H and O–H groups in total. The van der Waals surface area contributed by atoms with E-state index in [9.17, 15) is 9.18 Å². The maximum Gasteiger partial charge on any atom is 0.253 e. The molecule has 1 aromatic heterocycles. The van der Waals surface area contributed by atoms with Gasteiger partial charge in [-0.3, -0.25) is 4.79 Å². The first kappa shape index (κ1) is 21.6. The summed E-state index contributed by atoms with van der Waals surface area (Å²) in [6.07, 6.45) is 1.83. The van der Waals surface area contributed by atoms with Crippen molar-refractivity contribution < 1.29 is 9.18 Å². The first-order valence-corrected chi connectivity index (χ1v) is 11.8. The zero-order valence-electron chi connectivity index (χ0n) is 19.1. The van der Waals surface area contributed by atoms with Gasteiger partial charge in [0.05, 0.1) is 5.69 Å². The van der Waals surface area contributed by atoms with Crippen LogP contribution in [0.15, 0.2) is 54.7 Å². The minimum atomic E-state index is -0.183. The summed E-state index contributed by atoms with van der Waals surface area (Å²) in [5.74, 6) is 0.801. The molecule has 6 nitrogen and oxygen atoms in total. The summed E-state index contributed by atoms with van der Waals surface area (Å²) in [5, 5.41) is 2.07. The molecule has 7 heteroatoms. The van der Waals surface area contributed by atoms with Crippen molar-refractivity contribution in [3.05, 3.63) is 66.1 Å². The van der Waals surface area contributed by atoms with E-state index in [0.717, 1.165) is 75.5 Å². The smallest absolute Gasteiger partial charge is 0.253 e. The van der Waals surface area contributed by atoms with Crippen molar-refractivity contribution in [3.8, 4) is 0 Å². The largest absolute Gasteiger partial charge is 0.366 e. The minimum absolute atomic E-state index is 0.0897. The Kier molecular flexibility index (Phi) is 6.13. The maximum atomic E-state index is 14.2. The molecule has 172 valence electrons. The number of anilines is 2. The van der Waals surface area contributed by atoms with E-state index in [2.05, 4.69) is 26.6 Å². The fourth-order valence-electron chi connectivity index (χ4n) is 4.86. The van der Waals surface area contributed by atoms with Crippen molar-refractivity contribution in [1.82, 2.24) is 14.8 Å². The Morgan fingerprint density at radius 1 is 0.909 bits per heavy atom. The van der Waals surface area contributed by atoms with E-state index < -0.39 is 0 Å². The number of carbonyl (C=O) groups excluding carboxylic acids is 1. The van der Waals surface area contributed by atoms with Crippen LogP contribution in [0, 0.1) is 5.82 Å². The topological polar surface area (TPSA) is 42.9 Å².